The van der Waals surface area contributed by atoms with E-state index in [4.69, 9.17) is 5.73 Å². The number of nitrogens with zero attached hydrogens (tertiary/aromatic N) is 1. The van der Waals surface area contributed by atoms with E-state index in [-0.39, 0.29) is 18.5 Å². The summed E-state index contributed by atoms with van der Waals surface area (Å²) in [6.07, 6.45) is 3.99. The van der Waals surface area contributed by atoms with E-state index in [0.29, 0.717) is 6.42 Å². The number of aliphatic carboxylic acids is 1. The first-order valence-electron chi connectivity index (χ1n) is 7.39. The van der Waals surface area contributed by atoms with Crippen molar-refractivity contribution in [3.63, 3.8) is 0 Å². The highest BCUT2D eigenvalue weighted by molar-refractivity contribution is 5.86. The van der Waals surface area contributed by atoms with Crippen LogP contribution in [0.5, 0.6) is 0 Å². The molecule has 1 aliphatic rings. The molecule has 0 radical (unpaired) electrons. The van der Waals surface area contributed by atoms with Gasteiger partial charge in [-0.05, 0) is 25.2 Å². The van der Waals surface area contributed by atoms with Gasteiger partial charge in [0.15, 0.2) is 0 Å². The van der Waals surface area contributed by atoms with E-state index >= 15 is 0 Å². The molecule has 0 aromatic heterocycles. The van der Waals surface area contributed by atoms with Crippen molar-refractivity contribution in [2.45, 2.75) is 58.0 Å². The van der Waals surface area contributed by atoms with Crippen LogP contribution in [-0.4, -0.2) is 46.5 Å². The van der Waals surface area contributed by atoms with Gasteiger partial charge in [0, 0.05) is 6.04 Å². The Morgan fingerprint density at radius 2 is 1.86 bits per heavy atom. The van der Waals surface area contributed by atoms with Crippen LogP contribution in [0.3, 0.4) is 0 Å². The van der Waals surface area contributed by atoms with Gasteiger partial charge in [-0.2, -0.15) is 0 Å². The number of carboxylic acid groups (broad SMARTS) is 1. The van der Waals surface area contributed by atoms with Crippen molar-refractivity contribution in [3.8, 4) is 0 Å². The Labute approximate surface area is 124 Å². The van der Waals surface area contributed by atoms with Crippen molar-refractivity contribution in [2.24, 2.45) is 11.7 Å². The second kappa shape index (κ2) is 7.85. The zero-order valence-electron chi connectivity index (χ0n) is 12.7. The van der Waals surface area contributed by atoms with Gasteiger partial charge in [0.05, 0.1) is 0 Å². The third-order valence-corrected chi connectivity index (χ3v) is 3.66. The second-order valence-electron chi connectivity index (χ2n) is 6.00. The minimum absolute atomic E-state index is 0.0361. The molecule has 1 aliphatic carbocycles. The minimum atomic E-state index is -1.07. The first kappa shape index (κ1) is 17.3. The molecule has 0 saturated heterocycles. The Hall–Kier alpha value is -1.79. The van der Waals surface area contributed by atoms with E-state index in [1.807, 2.05) is 13.8 Å². The zero-order valence-corrected chi connectivity index (χ0v) is 12.7. The van der Waals surface area contributed by atoms with Gasteiger partial charge in [-0.3, -0.25) is 4.79 Å². The van der Waals surface area contributed by atoms with Crippen LogP contribution in [0.25, 0.3) is 0 Å². The number of nitrogens with one attached hydrogen (secondary N) is 1. The van der Waals surface area contributed by atoms with Gasteiger partial charge in [-0.1, -0.05) is 26.7 Å². The van der Waals surface area contributed by atoms with E-state index in [0.717, 1.165) is 25.7 Å². The van der Waals surface area contributed by atoms with Crippen LogP contribution < -0.4 is 11.1 Å². The summed E-state index contributed by atoms with van der Waals surface area (Å²) in [6, 6.07) is -1.51. The fourth-order valence-electron chi connectivity index (χ4n) is 2.68. The van der Waals surface area contributed by atoms with Gasteiger partial charge in [-0.15, -0.1) is 0 Å². The van der Waals surface area contributed by atoms with Gasteiger partial charge in [0.2, 0.25) is 5.91 Å². The predicted octanol–water partition coefficient (Wildman–Crippen LogP) is 0.925. The maximum absolute atomic E-state index is 12.3. The second-order valence-corrected chi connectivity index (χ2v) is 6.00. The van der Waals surface area contributed by atoms with Crippen molar-refractivity contribution < 1.29 is 19.5 Å². The maximum Gasteiger partial charge on any atom is 0.326 e. The number of primary amides is 1. The summed E-state index contributed by atoms with van der Waals surface area (Å²) >= 11 is 0. The van der Waals surface area contributed by atoms with Crippen LogP contribution in [0, 0.1) is 5.92 Å². The average Bonchev–Trinajstić information content (AvgIpc) is 2.87. The highest BCUT2D eigenvalue weighted by Crippen LogP contribution is 2.23. The molecule has 7 nitrogen and oxygen atoms in total. The van der Waals surface area contributed by atoms with Gasteiger partial charge < -0.3 is 21.1 Å². The molecular weight excluding hydrogens is 274 g/mol. The monoisotopic (exact) mass is 299 g/mol. The number of carbonyl (C=O) groups is 3. The lowest BCUT2D eigenvalue weighted by atomic mass is 10.0. The fourth-order valence-corrected chi connectivity index (χ4v) is 2.68. The van der Waals surface area contributed by atoms with E-state index in [2.05, 4.69) is 5.32 Å². The summed E-state index contributed by atoms with van der Waals surface area (Å²) < 4.78 is 0. The van der Waals surface area contributed by atoms with Crippen LogP contribution >= 0.6 is 0 Å². The van der Waals surface area contributed by atoms with Crippen LogP contribution in [-0.2, 0) is 9.59 Å². The fraction of sp³-hybridized carbons (Fsp3) is 0.786. The first-order valence-corrected chi connectivity index (χ1v) is 7.39. The molecule has 1 atom stereocenters. The van der Waals surface area contributed by atoms with Crippen LogP contribution in [0.1, 0.15) is 46.0 Å². The Morgan fingerprint density at radius 3 is 2.29 bits per heavy atom. The van der Waals surface area contributed by atoms with Gasteiger partial charge >= 0.3 is 12.0 Å². The first-order chi connectivity index (χ1) is 9.81. The molecule has 0 heterocycles. The Morgan fingerprint density at radius 1 is 1.29 bits per heavy atom. The van der Waals surface area contributed by atoms with Crippen molar-refractivity contribution in [3.05, 3.63) is 0 Å². The largest absolute Gasteiger partial charge is 0.480 e. The van der Waals surface area contributed by atoms with Crippen molar-refractivity contribution in [1.29, 1.82) is 0 Å². The third-order valence-electron chi connectivity index (χ3n) is 3.66. The summed E-state index contributed by atoms with van der Waals surface area (Å²) in [4.78, 5) is 36.1. The van der Waals surface area contributed by atoms with E-state index in [1.165, 1.54) is 4.90 Å². The number of nitrogens with two attached hydrogens (primary N) is 1. The summed E-state index contributed by atoms with van der Waals surface area (Å²) in [7, 11) is 0. The molecule has 0 bridgehead atoms. The molecule has 21 heavy (non-hydrogen) atoms. The highest BCUT2D eigenvalue weighted by Gasteiger charge is 2.30. The average molecular weight is 299 g/mol. The van der Waals surface area contributed by atoms with E-state index < -0.39 is 23.9 Å². The zero-order chi connectivity index (χ0) is 16.0. The van der Waals surface area contributed by atoms with Crippen LogP contribution in [0.2, 0.25) is 0 Å². The molecule has 1 fully saturated rings. The Balaban J connectivity index is 2.73. The number of carboxylic acids is 1. The minimum Gasteiger partial charge on any atom is -0.480 e. The highest BCUT2D eigenvalue weighted by atomic mass is 16.4. The summed E-state index contributed by atoms with van der Waals surface area (Å²) in [5, 5.41) is 11.7. The summed E-state index contributed by atoms with van der Waals surface area (Å²) in [5.74, 6) is -1.52. The van der Waals surface area contributed by atoms with E-state index in [9.17, 15) is 19.5 Å². The molecular formula is C14H25N3O4. The van der Waals surface area contributed by atoms with E-state index in [1.54, 1.807) is 0 Å². The SMILES string of the molecule is CC(C)CC(NC(=O)N(CC(N)=O)C1CCCC1)C(=O)O. The molecule has 1 saturated carbocycles. The number of hydrogen-bond donors (Lipinski definition) is 3. The number of carbonyl (C=O) groups excluding carboxylic acids is 2. The molecule has 1 unspecified atom stereocenters. The molecule has 1 rings (SSSR count). The molecule has 3 amide bonds. The lowest BCUT2D eigenvalue weighted by Crippen LogP contribution is -2.53. The number of amides is 3. The molecule has 4 N–H and O–H groups in total. The number of urea groups is 1. The number of rotatable bonds is 7. The molecule has 7 heteroatoms. The van der Waals surface area contributed by atoms with Gasteiger partial charge in [0.25, 0.3) is 0 Å². The van der Waals surface area contributed by atoms with Crippen molar-refractivity contribution >= 4 is 17.9 Å². The quantitative estimate of drug-likeness (QED) is 0.649. The lowest BCUT2D eigenvalue weighted by molar-refractivity contribution is -0.139. The Bertz CT molecular complexity index is 392. The lowest BCUT2D eigenvalue weighted by Gasteiger charge is -2.29. The smallest absolute Gasteiger partial charge is 0.326 e. The Kier molecular flexibility index (Phi) is 6.45. The van der Waals surface area contributed by atoms with Crippen molar-refractivity contribution in [1.82, 2.24) is 10.2 Å². The third kappa shape index (κ3) is 5.61. The van der Waals surface area contributed by atoms with Crippen LogP contribution in [0.15, 0.2) is 0 Å². The maximum atomic E-state index is 12.3. The molecule has 0 spiro atoms. The predicted molar refractivity (Wildman–Crippen MR) is 77.6 cm³/mol. The topological polar surface area (TPSA) is 113 Å². The van der Waals surface area contributed by atoms with Crippen LogP contribution in [0.4, 0.5) is 4.79 Å². The molecule has 0 aliphatic heterocycles. The molecule has 0 aromatic carbocycles. The summed E-state index contributed by atoms with van der Waals surface area (Å²) in [5.41, 5.74) is 5.19. The number of hydrogen-bond acceptors (Lipinski definition) is 3. The van der Waals surface area contributed by atoms with Gasteiger partial charge in [-0.25, -0.2) is 9.59 Å². The van der Waals surface area contributed by atoms with Gasteiger partial charge in [0.1, 0.15) is 12.6 Å². The standard InChI is InChI=1S/C14H25N3O4/c1-9(2)7-11(13(19)20)16-14(21)17(8-12(15)18)10-5-3-4-6-10/h9-11H,3-8H2,1-2H3,(H2,15,18)(H,16,21)(H,19,20). The summed E-state index contributed by atoms with van der Waals surface area (Å²) in [6.45, 7) is 3.60. The molecule has 0 aromatic rings. The van der Waals surface area contributed by atoms with Crippen molar-refractivity contribution in [2.75, 3.05) is 6.54 Å². The molecule has 120 valence electrons. The normalized spacial score (nSPS) is 16.7.